The summed E-state index contributed by atoms with van der Waals surface area (Å²) in [4.78, 5) is 15.4. The van der Waals surface area contributed by atoms with Crippen LogP contribution in [0.5, 0.6) is 11.5 Å². The second-order valence-corrected chi connectivity index (χ2v) is 7.71. The first kappa shape index (κ1) is 21.0. The van der Waals surface area contributed by atoms with Crippen LogP contribution < -0.4 is 14.8 Å². The van der Waals surface area contributed by atoms with Crippen molar-refractivity contribution in [1.29, 1.82) is 0 Å². The molecule has 2 aromatic carbocycles. The molecule has 0 saturated heterocycles. The number of nitrogens with zero attached hydrogens (tertiary/aromatic N) is 1. The van der Waals surface area contributed by atoms with Crippen LogP contribution in [0.25, 0.3) is 0 Å². The predicted molar refractivity (Wildman–Crippen MR) is 120 cm³/mol. The fourth-order valence-electron chi connectivity index (χ4n) is 4.13. The Kier molecular flexibility index (Phi) is 6.57. The third kappa shape index (κ3) is 4.75. The van der Waals surface area contributed by atoms with Crippen LogP contribution in [0.15, 0.2) is 71.3 Å². The van der Waals surface area contributed by atoms with Crippen LogP contribution in [-0.4, -0.2) is 50.1 Å². The number of para-hydroxylation sites is 3. The molecule has 2 atom stereocenters. The second kappa shape index (κ2) is 9.71. The quantitative estimate of drug-likeness (QED) is 0.522. The minimum absolute atomic E-state index is 0.0243. The number of anilines is 1. The van der Waals surface area contributed by atoms with Crippen molar-refractivity contribution in [3.05, 3.63) is 78.3 Å². The molecular weight excluding hydrogens is 392 g/mol. The minimum Gasteiger partial charge on any atom is -0.493 e. The first-order valence-corrected chi connectivity index (χ1v) is 10.6. The average molecular weight is 421 g/mol. The second-order valence-electron chi connectivity index (χ2n) is 7.71. The molecule has 1 aliphatic rings. The summed E-state index contributed by atoms with van der Waals surface area (Å²) in [7, 11) is 3.58. The summed E-state index contributed by atoms with van der Waals surface area (Å²) in [5.74, 6) is 1.74. The summed E-state index contributed by atoms with van der Waals surface area (Å²) < 4.78 is 16.7. The summed E-state index contributed by atoms with van der Waals surface area (Å²) >= 11 is 0. The van der Waals surface area contributed by atoms with E-state index in [1.165, 1.54) is 5.56 Å². The van der Waals surface area contributed by atoms with Gasteiger partial charge in [-0.15, -0.1) is 0 Å². The maximum Gasteiger partial charge on any atom is 0.217 e. The molecule has 2 unspecified atom stereocenters. The minimum atomic E-state index is -0.374. The Morgan fingerprint density at radius 3 is 2.68 bits per heavy atom. The van der Waals surface area contributed by atoms with Crippen molar-refractivity contribution in [3.63, 3.8) is 0 Å². The first-order valence-electron chi connectivity index (χ1n) is 10.6. The van der Waals surface area contributed by atoms with E-state index in [0.29, 0.717) is 30.4 Å². The third-order valence-corrected chi connectivity index (χ3v) is 5.74. The van der Waals surface area contributed by atoms with Crippen LogP contribution in [-0.2, 0) is 6.42 Å². The number of ether oxygens (including phenoxy) is 2. The van der Waals surface area contributed by atoms with E-state index in [9.17, 15) is 4.79 Å². The summed E-state index contributed by atoms with van der Waals surface area (Å²) in [6, 6.07) is 18.9. The molecule has 1 N–H and O–H groups in total. The highest BCUT2D eigenvalue weighted by Crippen LogP contribution is 2.29. The van der Waals surface area contributed by atoms with Crippen LogP contribution >= 0.6 is 0 Å². The number of nitrogens with one attached hydrogen (secondary N) is 1. The van der Waals surface area contributed by atoms with Crippen LogP contribution in [0, 0.1) is 0 Å². The van der Waals surface area contributed by atoms with Gasteiger partial charge in [0.25, 0.3) is 0 Å². The maximum atomic E-state index is 13.4. The highest BCUT2D eigenvalue weighted by molar-refractivity contribution is 5.98. The highest BCUT2D eigenvalue weighted by Gasteiger charge is 2.35. The lowest BCUT2D eigenvalue weighted by atomic mass is 9.90. The molecule has 1 aromatic heterocycles. The standard InChI is InChI=1S/C25H28N2O4/c1-27(15-17-31-22-11-6-5-10-21(22)29-2)24(25(28)23-12-7-16-30-23)20-14-13-18-8-3-4-9-19(18)26-20/h3-12,16,20,24,26H,13-15,17H2,1-2H3. The summed E-state index contributed by atoms with van der Waals surface area (Å²) in [5.41, 5.74) is 2.37. The number of aryl methyl sites for hydroxylation is 1. The largest absolute Gasteiger partial charge is 0.493 e. The topological polar surface area (TPSA) is 63.9 Å². The van der Waals surface area contributed by atoms with Gasteiger partial charge >= 0.3 is 0 Å². The predicted octanol–water partition coefficient (Wildman–Crippen LogP) is 4.28. The van der Waals surface area contributed by atoms with Crippen molar-refractivity contribution in [2.45, 2.75) is 24.9 Å². The third-order valence-electron chi connectivity index (χ3n) is 5.74. The molecule has 0 saturated carbocycles. The molecule has 1 aliphatic heterocycles. The molecule has 0 amide bonds. The number of methoxy groups -OCH3 is 1. The van der Waals surface area contributed by atoms with Gasteiger partial charge in [0.05, 0.1) is 19.4 Å². The Bertz CT molecular complexity index is 1000. The number of furan rings is 1. The van der Waals surface area contributed by atoms with E-state index >= 15 is 0 Å². The molecule has 6 nitrogen and oxygen atoms in total. The van der Waals surface area contributed by atoms with Crippen molar-refractivity contribution in [2.24, 2.45) is 0 Å². The molecule has 0 bridgehead atoms. The number of Topliss-reactive ketones (excluding diaryl/α,β-unsaturated/α-hetero) is 1. The Balaban J connectivity index is 1.48. The lowest BCUT2D eigenvalue weighted by Gasteiger charge is -2.37. The van der Waals surface area contributed by atoms with Gasteiger partial charge in [-0.25, -0.2) is 0 Å². The fraction of sp³-hybridized carbons (Fsp3) is 0.320. The van der Waals surface area contributed by atoms with Gasteiger partial charge in [-0.2, -0.15) is 0 Å². The van der Waals surface area contributed by atoms with Crippen molar-refractivity contribution in [2.75, 3.05) is 32.6 Å². The summed E-state index contributed by atoms with van der Waals surface area (Å²) in [5, 5.41) is 3.58. The molecular formula is C25H28N2O4. The van der Waals surface area contributed by atoms with E-state index in [-0.39, 0.29) is 17.9 Å². The van der Waals surface area contributed by atoms with Gasteiger partial charge < -0.3 is 19.2 Å². The zero-order chi connectivity index (χ0) is 21.6. The molecule has 0 radical (unpaired) electrons. The van der Waals surface area contributed by atoms with E-state index in [0.717, 1.165) is 18.5 Å². The Hall–Kier alpha value is -3.25. The molecule has 6 heteroatoms. The van der Waals surface area contributed by atoms with Crippen molar-refractivity contribution >= 4 is 11.5 Å². The first-order chi connectivity index (χ1) is 15.2. The number of fused-ring (bicyclic) bond motifs is 1. The molecule has 0 fully saturated rings. The van der Waals surface area contributed by atoms with Crippen LogP contribution in [0.2, 0.25) is 0 Å². The van der Waals surface area contributed by atoms with E-state index in [1.807, 2.05) is 48.3 Å². The highest BCUT2D eigenvalue weighted by atomic mass is 16.5. The molecule has 4 rings (SSSR count). The molecule has 3 aromatic rings. The van der Waals surface area contributed by atoms with Gasteiger partial charge in [0, 0.05) is 18.3 Å². The van der Waals surface area contributed by atoms with Gasteiger partial charge in [0.15, 0.2) is 17.3 Å². The smallest absolute Gasteiger partial charge is 0.217 e. The average Bonchev–Trinajstić information content (AvgIpc) is 3.34. The molecule has 0 aliphatic carbocycles. The van der Waals surface area contributed by atoms with Crippen molar-refractivity contribution in [3.8, 4) is 11.5 Å². The van der Waals surface area contributed by atoms with Crippen molar-refractivity contribution in [1.82, 2.24) is 4.90 Å². The monoisotopic (exact) mass is 420 g/mol. The number of hydrogen-bond acceptors (Lipinski definition) is 6. The van der Waals surface area contributed by atoms with E-state index < -0.39 is 0 Å². The lowest BCUT2D eigenvalue weighted by molar-refractivity contribution is 0.0773. The summed E-state index contributed by atoms with van der Waals surface area (Å²) in [6.45, 7) is 1.01. The van der Waals surface area contributed by atoms with Gasteiger partial charge in [0.1, 0.15) is 6.61 Å². The lowest BCUT2D eigenvalue weighted by Crippen LogP contribution is -2.52. The van der Waals surface area contributed by atoms with Gasteiger partial charge in [-0.1, -0.05) is 30.3 Å². The van der Waals surface area contributed by atoms with Gasteiger partial charge in [-0.3, -0.25) is 9.69 Å². The fourth-order valence-corrected chi connectivity index (χ4v) is 4.13. The number of ketones is 1. The van der Waals surface area contributed by atoms with E-state index in [4.69, 9.17) is 13.9 Å². The van der Waals surface area contributed by atoms with E-state index in [1.54, 1.807) is 25.5 Å². The van der Waals surface area contributed by atoms with E-state index in [2.05, 4.69) is 17.4 Å². The zero-order valence-electron chi connectivity index (χ0n) is 17.9. The number of rotatable bonds is 9. The van der Waals surface area contributed by atoms with Gasteiger partial charge in [0.2, 0.25) is 5.78 Å². The van der Waals surface area contributed by atoms with Crippen LogP contribution in [0.4, 0.5) is 5.69 Å². The van der Waals surface area contributed by atoms with Crippen molar-refractivity contribution < 1.29 is 18.7 Å². The number of benzene rings is 2. The number of carbonyl (C=O) groups is 1. The molecule has 31 heavy (non-hydrogen) atoms. The molecule has 0 spiro atoms. The van der Waals surface area contributed by atoms with Gasteiger partial charge in [-0.05, 0) is 55.8 Å². The Labute approximate surface area is 182 Å². The normalized spacial score (nSPS) is 16.3. The number of hydrogen-bond donors (Lipinski definition) is 1. The zero-order valence-corrected chi connectivity index (χ0v) is 17.9. The molecule has 162 valence electrons. The SMILES string of the molecule is COc1ccccc1OCCN(C)C(C(=O)c1ccco1)C1CCc2ccccc2N1. The number of carbonyl (C=O) groups excluding carboxylic acids is 1. The van der Waals surface area contributed by atoms with Crippen LogP contribution in [0.3, 0.4) is 0 Å². The van der Waals surface area contributed by atoms with Crippen LogP contribution in [0.1, 0.15) is 22.5 Å². The Morgan fingerprint density at radius 1 is 1.13 bits per heavy atom. The molecule has 2 heterocycles. The Morgan fingerprint density at radius 2 is 1.90 bits per heavy atom. The number of likely N-dealkylation sites (N-methyl/N-ethyl adjacent to an activating group) is 1. The maximum absolute atomic E-state index is 13.4. The summed E-state index contributed by atoms with van der Waals surface area (Å²) in [6.07, 6.45) is 3.34.